The number of benzene rings is 2. The van der Waals surface area contributed by atoms with Crippen LogP contribution < -0.4 is 10.1 Å². The molecule has 5 heteroatoms. The summed E-state index contributed by atoms with van der Waals surface area (Å²) in [7, 11) is 0. The molecule has 27 heavy (non-hydrogen) atoms. The van der Waals surface area contributed by atoms with Crippen molar-refractivity contribution in [3.05, 3.63) is 76.6 Å². The molecule has 138 valence electrons. The highest BCUT2D eigenvalue weighted by Crippen LogP contribution is 2.41. The van der Waals surface area contributed by atoms with Crippen LogP contribution in [0.15, 0.2) is 60.4 Å². The predicted octanol–water partition coefficient (Wildman–Crippen LogP) is 5.41. The molecule has 0 amide bonds. The molecule has 4 nitrogen and oxygen atoms in total. The molecular weight excluding hydrogens is 360 g/mol. The second kappa shape index (κ2) is 6.46. The lowest BCUT2D eigenvalue weighted by Crippen LogP contribution is -2.34. The van der Waals surface area contributed by atoms with Crippen molar-refractivity contribution >= 4 is 28.3 Å². The van der Waals surface area contributed by atoms with Crippen molar-refractivity contribution in [1.29, 1.82) is 0 Å². The number of Topliss-reactive ketones (excluding diaryl/α,β-unsaturated/α-hetero) is 1. The quantitative estimate of drug-likeness (QED) is 0.584. The van der Waals surface area contributed by atoms with E-state index in [0.29, 0.717) is 21.9 Å². The van der Waals surface area contributed by atoms with Crippen LogP contribution in [-0.2, 0) is 0 Å². The number of ether oxygens (including phenoxy) is 1. The van der Waals surface area contributed by atoms with Crippen LogP contribution in [0, 0.1) is 0 Å². The van der Waals surface area contributed by atoms with Crippen molar-refractivity contribution in [2.75, 3.05) is 0 Å². The molecule has 0 radical (unpaired) electrons. The third-order valence-corrected chi connectivity index (χ3v) is 4.78. The van der Waals surface area contributed by atoms with Crippen LogP contribution in [0.5, 0.6) is 5.75 Å². The smallest absolute Gasteiger partial charge is 0.198 e. The van der Waals surface area contributed by atoms with E-state index in [1.54, 1.807) is 24.4 Å². The summed E-state index contributed by atoms with van der Waals surface area (Å²) in [5.74, 6) is 0.471. The summed E-state index contributed by atoms with van der Waals surface area (Å²) in [5.41, 5.74) is 2.81. The molecule has 1 aliphatic heterocycles. The topological polar surface area (TPSA) is 54.1 Å². The number of rotatable bonds is 2. The Hall–Kier alpha value is -2.72. The summed E-state index contributed by atoms with van der Waals surface area (Å²) in [6.07, 6.45) is 3.18. The maximum absolute atomic E-state index is 13.3. The van der Waals surface area contributed by atoms with E-state index in [1.807, 2.05) is 51.2 Å². The monoisotopic (exact) mass is 380 g/mol. The van der Waals surface area contributed by atoms with Crippen molar-refractivity contribution < 1.29 is 9.53 Å². The zero-order valence-corrected chi connectivity index (χ0v) is 16.2. The molecular formula is C22H21ClN2O2. The molecule has 4 rings (SSSR count). The van der Waals surface area contributed by atoms with Crippen LogP contribution in [0.2, 0.25) is 5.02 Å². The van der Waals surface area contributed by atoms with Crippen molar-refractivity contribution in [2.24, 2.45) is 0 Å². The molecule has 2 N–H and O–H groups in total. The number of aromatic amines is 1. The van der Waals surface area contributed by atoms with Crippen molar-refractivity contribution in [1.82, 2.24) is 10.3 Å². The van der Waals surface area contributed by atoms with Gasteiger partial charge < -0.3 is 15.0 Å². The molecule has 0 saturated carbocycles. The van der Waals surface area contributed by atoms with Gasteiger partial charge in [0.15, 0.2) is 11.9 Å². The third-order valence-electron chi connectivity index (χ3n) is 4.54. The zero-order valence-electron chi connectivity index (χ0n) is 15.5. The number of nitrogens with one attached hydrogen (secondary N) is 2. The average molecular weight is 381 g/mol. The largest absolute Gasteiger partial charge is 0.480 e. The number of ketones is 1. The van der Waals surface area contributed by atoms with Gasteiger partial charge in [-0.05, 0) is 45.0 Å². The number of halogens is 1. The van der Waals surface area contributed by atoms with Crippen LogP contribution in [0.3, 0.4) is 0 Å². The average Bonchev–Trinajstić information content (AvgIpc) is 3.04. The fourth-order valence-electron chi connectivity index (χ4n) is 3.22. The van der Waals surface area contributed by atoms with Crippen LogP contribution in [-0.4, -0.2) is 16.3 Å². The SMILES string of the molecule is CC(C)(C)N/C=C1\C(=O)c2cc(Cl)ccc2OC1c1c[nH]c2ccccc12. The molecule has 1 unspecified atom stereocenters. The Morgan fingerprint density at radius 1 is 1.19 bits per heavy atom. The van der Waals surface area contributed by atoms with E-state index >= 15 is 0 Å². The predicted molar refractivity (Wildman–Crippen MR) is 108 cm³/mol. The molecule has 0 spiro atoms. The molecule has 3 aromatic rings. The number of hydrogen-bond acceptors (Lipinski definition) is 3. The van der Waals surface area contributed by atoms with Crippen LogP contribution >= 0.6 is 11.6 Å². The summed E-state index contributed by atoms with van der Waals surface area (Å²) in [5, 5.41) is 4.85. The molecule has 1 aliphatic rings. The third kappa shape index (κ3) is 3.33. The molecule has 2 aromatic carbocycles. The first-order valence-electron chi connectivity index (χ1n) is 8.88. The molecule has 2 heterocycles. The number of aromatic nitrogens is 1. The van der Waals surface area contributed by atoms with Crippen LogP contribution in [0.4, 0.5) is 0 Å². The number of carbonyl (C=O) groups is 1. The highest BCUT2D eigenvalue weighted by molar-refractivity contribution is 6.31. The second-order valence-corrected chi connectivity index (χ2v) is 8.19. The van der Waals surface area contributed by atoms with Gasteiger partial charge in [0.2, 0.25) is 0 Å². The van der Waals surface area contributed by atoms with Crippen LogP contribution in [0.1, 0.15) is 42.8 Å². The maximum Gasteiger partial charge on any atom is 0.198 e. The molecule has 0 saturated heterocycles. The fraction of sp³-hybridized carbons (Fsp3) is 0.227. The van der Waals surface area contributed by atoms with Gasteiger partial charge >= 0.3 is 0 Å². The highest BCUT2D eigenvalue weighted by atomic mass is 35.5. The molecule has 0 aliphatic carbocycles. The minimum atomic E-state index is -0.503. The van der Waals surface area contributed by atoms with E-state index in [2.05, 4.69) is 10.3 Å². The van der Waals surface area contributed by atoms with Gasteiger partial charge in [0, 0.05) is 39.4 Å². The first-order chi connectivity index (χ1) is 12.8. The maximum atomic E-state index is 13.3. The Morgan fingerprint density at radius 3 is 2.74 bits per heavy atom. The Labute approximate surface area is 163 Å². The van der Waals surface area contributed by atoms with Gasteiger partial charge in [-0.1, -0.05) is 29.8 Å². The lowest BCUT2D eigenvalue weighted by atomic mass is 9.91. The van der Waals surface area contributed by atoms with E-state index in [9.17, 15) is 4.79 Å². The minimum absolute atomic E-state index is 0.0780. The number of fused-ring (bicyclic) bond motifs is 2. The van der Waals surface area contributed by atoms with E-state index in [4.69, 9.17) is 16.3 Å². The summed E-state index contributed by atoms with van der Waals surface area (Å²) < 4.78 is 6.28. The van der Waals surface area contributed by atoms with Gasteiger partial charge in [0.05, 0.1) is 11.1 Å². The van der Waals surface area contributed by atoms with Crippen LogP contribution in [0.25, 0.3) is 10.9 Å². The van der Waals surface area contributed by atoms with Crippen molar-refractivity contribution in [3.8, 4) is 5.75 Å². The zero-order chi connectivity index (χ0) is 19.2. The van der Waals surface area contributed by atoms with E-state index in [-0.39, 0.29) is 11.3 Å². The number of hydrogen-bond donors (Lipinski definition) is 2. The Bertz CT molecular complexity index is 1060. The first-order valence-corrected chi connectivity index (χ1v) is 9.26. The normalized spacial score (nSPS) is 18.4. The van der Waals surface area contributed by atoms with Crippen molar-refractivity contribution in [3.63, 3.8) is 0 Å². The molecule has 1 atom stereocenters. The Morgan fingerprint density at radius 2 is 1.96 bits per heavy atom. The molecule has 0 bridgehead atoms. The van der Waals surface area contributed by atoms with E-state index < -0.39 is 6.10 Å². The fourth-order valence-corrected chi connectivity index (χ4v) is 3.40. The Kier molecular flexibility index (Phi) is 4.23. The Balaban J connectivity index is 1.87. The van der Waals surface area contributed by atoms with Gasteiger partial charge in [-0.3, -0.25) is 4.79 Å². The van der Waals surface area contributed by atoms with Gasteiger partial charge in [0.25, 0.3) is 0 Å². The number of H-pyrrole nitrogens is 1. The van der Waals surface area contributed by atoms with Gasteiger partial charge in [0.1, 0.15) is 5.75 Å². The van der Waals surface area contributed by atoms with Crippen molar-refractivity contribution in [2.45, 2.75) is 32.4 Å². The summed E-state index contributed by atoms with van der Waals surface area (Å²) in [6.45, 7) is 6.14. The van der Waals surface area contributed by atoms with E-state index in [1.165, 1.54) is 0 Å². The van der Waals surface area contributed by atoms with E-state index in [0.717, 1.165) is 16.5 Å². The molecule has 1 aromatic heterocycles. The highest BCUT2D eigenvalue weighted by Gasteiger charge is 2.34. The lowest BCUT2D eigenvalue weighted by Gasteiger charge is -2.29. The number of para-hydroxylation sites is 1. The summed E-state index contributed by atoms with van der Waals surface area (Å²) in [6, 6.07) is 13.2. The van der Waals surface area contributed by atoms with Gasteiger partial charge in [-0.2, -0.15) is 0 Å². The number of carbonyl (C=O) groups excluding carboxylic acids is 1. The summed E-state index contributed by atoms with van der Waals surface area (Å²) in [4.78, 5) is 16.5. The van der Waals surface area contributed by atoms with Gasteiger partial charge in [-0.15, -0.1) is 0 Å². The lowest BCUT2D eigenvalue weighted by molar-refractivity contribution is 0.0960. The van der Waals surface area contributed by atoms with Gasteiger partial charge in [-0.25, -0.2) is 0 Å². The summed E-state index contributed by atoms with van der Waals surface area (Å²) >= 11 is 6.11. The molecule has 0 fully saturated rings. The standard InChI is InChI=1S/C22H21ClN2O2/c1-22(2,3)25-12-17-20(26)15-10-13(23)8-9-19(15)27-21(17)16-11-24-18-7-5-4-6-14(16)18/h4-12,21,24-25H,1-3H3/b17-12+. The minimum Gasteiger partial charge on any atom is -0.480 e. The second-order valence-electron chi connectivity index (χ2n) is 7.75. The first kappa shape index (κ1) is 17.7.